The molecule has 1 unspecified atom stereocenters. The lowest BCUT2D eigenvalue weighted by molar-refractivity contribution is 0.0384. The number of para-hydroxylation sites is 1. The molecule has 0 radical (unpaired) electrons. The number of hydrogen-bond donors (Lipinski definition) is 3. The van der Waals surface area contributed by atoms with Gasteiger partial charge < -0.3 is 20.7 Å². The number of rotatable bonds is 10. The molecule has 2 aromatic carbocycles. The summed E-state index contributed by atoms with van der Waals surface area (Å²) in [5.74, 6) is 0.914. The number of benzene rings is 2. The van der Waals surface area contributed by atoms with Gasteiger partial charge in [-0.3, -0.25) is 9.69 Å². The fraction of sp³-hybridized carbons (Fsp3) is 0.370. The summed E-state index contributed by atoms with van der Waals surface area (Å²) in [6.07, 6.45) is 3.53. The van der Waals surface area contributed by atoms with Gasteiger partial charge in [0.1, 0.15) is 5.82 Å². The predicted octanol–water partition coefficient (Wildman–Crippen LogP) is 5.13. The minimum absolute atomic E-state index is 0.0942. The van der Waals surface area contributed by atoms with E-state index in [0.717, 1.165) is 51.4 Å². The molecule has 0 spiro atoms. The SMILES string of the molecule is CCC(C)NC(=O)c1ccccc1Nc1nc(Nc2cccc(CCN3CCOCC3)c2)ncc1Br. The minimum atomic E-state index is -0.120. The molecule has 1 amide bonds. The number of ether oxygens (including phenoxy) is 1. The Morgan fingerprint density at radius 2 is 1.94 bits per heavy atom. The molecule has 1 aliphatic rings. The molecule has 36 heavy (non-hydrogen) atoms. The summed E-state index contributed by atoms with van der Waals surface area (Å²) in [7, 11) is 0. The van der Waals surface area contributed by atoms with E-state index in [-0.39, 0.29) is 11.9 Å². The Bertz CT molecular complexity index is 1170. The van der Waals surface area contributed by atoms with Crippen LogP contribution in [0.25, 0.3) is 0 Å². The smallest absolute Gasteiger partial charge is 0.253 e. The number of hydrogen-bond acceptors (Lipinski definition) is 7. The highest BCUT2D eigenvalue weighted by atomic mass is 79.9. The highest BCUT2D eigenvalue weighted by Crippen LogP contribution is 2.27. The molecular formula is C27H33BrN6O2. The van der Waals surface area contributed by atoms with E-state index >= 15 is 0 Å². The van der Waals surface area contributed by atoms with Crippen molar-refractivity contribution in [2.45, 2.75) is 32.7 Å². The van der Waals surface area contributed by atoms with Gasteiger partial charge in [0, 0.05) is 37.6 Å². The number of amides is 1. The second-order valence-corrected chi connectivity index (χ2v) is 9.73. The zero-order valence-electron chi connectivity index (χ0n) is 20.8. The van der Waals surface area contributed by atoms with E-state index in [4.69, 9.17) is 4.74 Å². The summed E-state index contributed by atoms with van der Waals surface area (Å²) in [4.78, 5) is 24.3. The largest absolute Gasteiger partial charge is 0.379 e. The summed E-state index contributed by atoms with van der Waals surface area (Å²) < 4.78 is 6.14. The molecule has 3 aromatic rings. The van der Waals surface area contributed by atoms with Crippen molar-refractivity contribution >= 4 is 45.0 Å². The van der Waals surface area contributed by atoms with Gasteiger partial charge in [0.15, 0.2) is 0 Å². The summed E-state index contributed by atoms with van der Waals surface area (Å²) in [6, 6.07) is 15.8. The predicted molar refractivity (Wildman–Crippen MR) is 147 cm³/mol. The van der Waals surface area contributed by atoms with Gasteiger partial charge in [-0.05, 0) is 65.5 Å². The first-order valence-corrected chi connectivity index (χ1v) is 13.2. The Hall–Kier alpha value is -3.01. The molecule has 1 aliphatic heterocycles. The van der Waals surface area contributed by atoms with Crippen molar-refractivity contribution in [2.24, 2.45) is 0 Å². The van der Waals surface area contributed by atoms with Crippen LogP contribution in [0.15, 0.2) is 59.2 Å². The van der Waals surface area contributed by atoms with E-state index in [1.54, 1.807) is 12.3 Å². The van der Waals surface area contributed by atoms with Gasteiger partial charge in [0.25, 0.3) is 5.91 Å². The monoisotopic (exact) mass is 552 g/mol. The molecule has 0 saturated carbocycles. The average molecular weight is 554 g/mol. The molecule has 1 saturated heterocycles. The van der Waals surface area contributed by atoms with E-state index in [2.05, 4.69) is 58.9 Å². The lowest BCUT2D eigenvalue weighted by atomic mass is 10.1. The fourth-order valence-electron chi connectivity index (χ4n) is 3.88. The van der Waals surface area contributed by atoms with Gasteiger partial charge in [0.05, 0.1) is 28.9 Å². The van der Waals surface area contributed by atoms with Crippen molar-refractivity contribution in [3.8, 4) is 0 Å². The number of carbonyl (C=O) groups excluding carboxylic acids is 1. The third-order valence-corrected chi connectivity index (χ3v) is 6.74. The molecule has 0 bridgehead atoms. The molecule has 4 rings (SSSR count). The van der Waals surface area contributed by atoms with Crippen LogP contribution in [0.5, 0.6) is 0 Å². The zero-order chi connectivity index (χ0) is 25.3. The number of nitrogens with zero attached hydrogens (tertiary/aromatic N) is 3. The number of nitrogens with one attached hydrogen (secondary N) is 3. The average Bonchev–Trinajstić information content (AvgIpc) is 2.90. The molecule has 1 aromatic heterocycles. The van der Waals surface area contributed by atoms with E-state index in [1.807, 2.05) is 44.2 Å². The van der Waals surface area contributed by atoms with Crippen LogP contribution in [0.1, 0.15) is 36.2 Å². The first-order valence-electron chi connectivity index (χ1n) is 12.4. The summed E-state index contributed by atoms with van der Waals surface area (Å²) in [6.45, 7) is 8.65. The molecule has 0 aliphatic carbocycles. The van der Waals surface area contributed by atoms with Gasteiger partial charge in [-0.1, -0.05) is 31.2 Å². The van der Waals surface area contributed by atoms with Crippen molar-refractivity contribution in [2.75, 3.05) is 43.5 Å². The molecule has 2 heterocycles. The highest BCUT2D eigenvalue weighted by molar-refractivity contribution is 9.10. The second kappa shape index (κ2) is 12.8. The van der Waals surface area contributed by atoms with E-state index < -0.39 is 0 Å². The summed E-state index contributed by atoms with van der Waals surface area (Å²) in [5, 5.41) is 9.63. The van der Waals surface area contributed by atoms with Gasteiger partial charge in [0.2, 0.25) is 5.95 Å². The zero-order valence-corrected chi connectivity index (χ0v) is 22.3. The van der Waals surface area contributed by atoms with Crippen LogP contribution in [0.2, 0.25) is 0 Å². The standard InChI is InChI=1S/C27H33BrN6O2/c1-3-19(2)30-26(35)22-9-4-5-10-24(22)32-25-23(28)18-29-27(33-25)31-21-8-6-7-20(17-21)11-12-34-13-15-36-16-14-34/h4-10,17-19H,3,11-16H2,1-2H3,(H,30,35)(H2,29,31,32,33). The van der Waals surface area contributed by atoms with Crippen LogP contribution < -0.4 is 16.0 Å². The van der Waals surface area contributed by atoms with Gasteiger partial charge in [-0.25, -0.2) is 4.98 Å². The normalized spacial score (nSPS) is 14.8. The maximum Gasteiger partial charge on any atom is 0.253 e. The quantitative estimate of drug-likeness (QED) is 0.321. The first kappa shape index (κ1) is 26.1. The lowest BCUT2D eigenvalue weighted by Gasteiger charge is -2.26. The van der Waals surface area contributed by atoms with Gasteiger partial charge in [-0.15, -0.1) is 0 Å². The van der Waals surface area contributed by atoms with Crippen molar-refractivity contribution in [1.29, 1.82) is 0 Å². The van der Waals surface area contributed by atoms with E-state index in [9.17, 15) is 4.79 Å². The van der Waals surface area contributed by atoms with Crippen molar-refractivity contribution < 1.29 is 9.53 Å². The first-order chi connectivity index (χ1) is 17.5. The maximum absolute atomic E-state index is 12.8. The highest BCUT2D eigenvalue weighted by Gasteiger charge is 2.15. The Morgan fingerprint density at radius 3 is 2.75 bits per heavy atom. The number of aromatic nitrogens is 2. The molecule has 9 heteroatoms. The van der Waals surface area contributed by atoms with Crippen LogP contribution in [0, 0.1) is 0 Å². The van der Waals surface area contributed by atoms with Crippen LogP contribution in [-0.2, 0) is 11.2 Å². The van der Waals surface area contributed by atoms with Gasteiger partial charge >= 0.3 is 0 Å². The summed E-state index contributed by atoms with van der Waals surface area (Å²) >= 11 is 3.53. The molecule has 1 fully saturated rings. The number of carbonyl (C=O) groups is 1. The van der Waals surface area contributed by atoms with Crippen LogP contribution in [0.4, 0.5) is 23.1 Å². The van der Waals surface area contributed by atoms with E-state index in [1.165, 1.54) is 5.56 Å². The second-order valence-electron chi connectivity index (χ2n) is 8.87. The Morgan fingerprint density at radius 1 is 1.14 bits per heavy atom. The number of anilines is 4. The Kier molecular flexibility index (Phi) is 9.27. The number of morpholine rings is 1. The molecule has 3 N–H and O–H groups in total. The Balaban J connectivity index is 1.45. The topological polar surface area (TPSA) is 91.4 Å². The maximum atomic E-state index is 12.8. The van der Waals surface area contributed by atoms with Crippen LogP contribution in [-0.4, -0.2) is 59.7 Å². The molecule has 1 atom stereocenters. The summed E-state index contributed by atoms with van der Waals surface area (Å²) in [5.41, 5.74) is 3.42. The van der Waals surface area contributed by atoms with Crippen molar-refractivity contribution in [3.05, 3.63) is 70.3 Å². The third kappa shape index (κ3) is 7.25. The molecular weight excluding hydrogens is 520 g/mol. The lowest BCUT2D eigenvalue weighted by Crippen LogP contribution is -2.37. The number of halogens is 1. The van der Waals surface area contributed by atoms with Crippen molar-refractivity contribution in [3.63, 3.8) is 0 Å². The Labute approximate surface area is 221 Å². The van der Waals surface area contributed by atoms with Crippen LogP contribution >= 0.6 is 15.9 Å². The minimum Gasteiger partial charge on any atom is -0.379 e. The van der Waals surface area contributed by atoms with E-state index in [0.29, 0.717) is 27.5 Å². The molecule has 8 nitrogen and oxygen atoms in total. The molecule has 190 valence electrons. The van der Waals surface area contributed by atoms with Crippen LogP contribution in [0.3, 0.4) is 0 Å². The van der Waals surface area contributed by atoms with Gasteiger partial charge in [-0.2, -0.15) is 4.98 Å². The van der Waals surface area contributed by atoms with Crippen molar-refractivity contribution in [1.82, 2.24) is 20.2 Å². The third-order valence-electron chi connectivity index (χ3n) is 6.16. The fourth-order valence-corrected chi connectivity index (χ4v) is 4.17.